The molecule has 1 saturated heterocycles. The van der Waals surface area contributed by atoms with E-state index in [0.717, 1.165) is 44.0 Å². The number of ether oxygens (including phenoxy) is 1. The normalized spacial score (nSPS) is 16.9. The molecule has 0 aliphatic carbocycles. The first-order valence-corrected chi connectivity index (χ1v) is 10.4. The molecule has 0 radical (unpaired) electrons. The zero-order valence-corrected chi connectivity index (χ0v) is 17.4. The molecule has 156 valence electrons. The first-order chi connectivity index (χ1) is 14.0. The summed E-state index contributed by atoms with van der Waals surface area (Å²) >= 11 is 0. The Morgan fingerprint density at radius 1 is 1.07 bits per heavy atom. The van der Waals surface area contributed by atoms with Crippen LogP contribution >= 0.6 is 0 Å². The van der Waals surface area contributed by atoms with E-state index >= 15 is 0 Å². The van der Waals surface area contributed by atoms with E-state index in [1.807, 2.05) is 36.1 Å². The molecule has 0 bridgehead atoms. The molecular weight excluding hydrogens is 367 g/mol. The lowest BCUT2D eigenvalue weighted by atomic mass is 9.98. The Labute approximate surface area is 173 Å². The fourth-order valence-electron chi connectivity index (χ4n) is 3.87. The second-order valence-electron chi connectivity index (χ2n) is 7.95. The van der Waals surface area contributed by atoms with E-state index in [-0.39, 0.29) is 23.7 Å². The van der Waals surface area contributed by atoms with Gasteiger partial charge in [0.25, 0.3) is 0 Å². The minimum atomic E-state index is -0.260. The zero-order valence-electron chi connectivity index (χ0n) is 17.4. The molecule has 0 aromatic heterocycles. The standard InChI is InChI=1S/C24H31FN2O2/c1-19(15-22-9-6-10-23(25)16-22)24(28)27(18-21-7-4-3-5-8-21)20(2)17-26-11-13-29-14-12-26/h3-10,16,19-20H,11-15,17-18H2,1-2H3. The predicted molar refractivity (Wildman–Crippen MR) is 113 cm³/mol. The van der Waals surface area contributed by atoms with Gasteiger partial charge in [-0.2, -0.15) is 0 Å². The highest BCUT2D eigenvalue weighted by atomic mass is 19.1. The smallest absolute Gasteiger partial charge is 0.226 e. The van der Waals surface area contributed by atoms with E-state index in [4.69, 9.17) is 4.74 Å². The van der Waals surface area contributed by atoms with Crippen molar-refractivity contribution in [2.45, 2.75) is 32.9 Å². The molecule has 29 heavy (non-hydrogen) atoms. The Balaban J connectivity index is 1.72. The minimum Gasteiger partial charge on any atom is -0.379 e. The molecule has 3 rings (SSSR count). The van der Waals surface area contributed by atoms with Crippen molar-refractivity contribution in [1.82, 2.24) is 9.80 Å². The molecule has 2 aromatic rings. The van der Waals surface area contributed by atoms with Crippen molar-refractivity contribution in [3.63, 3.8) is 0 Å². The fraction of sp³-hybridized carbons (Fsp3) is 0.458. The van der Waals surface area contributed by atoms with Crippen LogP contribution in [0.2, 0.25) is 0 Å². The summed E-state index contributed by atoms with van der Waals surface area (Å²) in [6, 6.07) is 16.7. The second-order valence-corrected chi connectivity index (χ2v) is 7.95. The van der Waals surface area contributed by atoms with Crippen molar-refractivity contribution in [2.24, 2.45) is 5.92 Å². The molecule has 1 heterocycles. The van der Waals surface area contributed by atoms with Gasteiger partial charge in [-0.05, 0) is 36.6 Å². The van der Waals surface area contributed by atoms with Gasteiger partial charge in [-0.25, -0.2) is 4.39 Å². The van der Waals surface area contributed by atoms with E-state index in [0.29, 0.717) is 13.0 Å². The number of carbonyl (C=O) groups is 1. The van der Waals surface area contributed by atoms with Gasteiger partial charge in [0.1, 0.15) is 5.82 Å². The van der Waals surface area contributed by atoms with Gasteiger partial charge < -0.3 is 9.64 Å². The third-order valence-electron chi connectivity index (χ3n) is 5.49. The van der Waals surface area contributed by atoms with Crippen LogP contribution in [0.5, 0.6) is 0 Å². The van der Waals surface area contributed by atoms with Gasteiger partial charge in [0.05, 0.1) is 13.2 Å². The number of benzene rings is 2. The molecular formula is C24H31FN2O2. The molecule has 1 aliphatic heterocycles. The highest BCUT2D eigenvalue weighted by Gasteiger charge is 2.27. The summed E-state index contributed by atoms with van der Waals surface area (Å²) in [5.74, 6) is -0.365. The molecule has 0 saturated carbocycles. The lowest BCUT2D eigenvalue weighted by Gasteiger charge is -2.36. The average molecular weight is 399 g/mol. The third kappa shape index (κ3) is 6.38. The molecule has 1 aliphatic rings. The van der Waals surface area contributed by atoms with Gasteiger partial charge in [-0.15, -0.1) is 0 Å². The van der Waals surface area contributed by atoms with Gasteiger partial charge in [0, 0.05) is 38.1 Å². The molecule has 1 fully saturated rings. The molecule has 0 spiro atoms. The van der Waals surface area contributed by atoms with Crippen LogP contribution in [-0.2, 0) is 22.5 Å². The van der Waals surface area contributed by atoms with Crippen molar-refractivity contribution >= 4 is 5.91 Å². The Hall–Kier alpha value is -2.24. The summed E-state index contributed by atoms with van der Waals surface area (Å²) in [6.07, 6.45) is 0.534. The summed E-state index contributed by atoms with van der Waals surface area (Å²) in [4.78, 5) is 17.7. The van der Waals surface area contributed by atoms with Crippen molar-refractivity contribution < 1.29 is 13.9 Å². The van der Waals surface area contributed by atoms with Gasteiger partial charge in [-0.1, -0.05) is 49.4 Å². The number of hydrogen-bond donors (Lipinski definition) is 0. The predicted octanol–water partition coefficient (Wildman–Crippen LogP) is 3.75. The van der Waals surface area contributed by atoms with Crippen LogP contribution in [0, 0.1) is 11.7 Å². The number of rotatable bonds is 8. The van der Waals surface area contributed by atoms with E-state index in [1.165, 1.54) is 12.1 Å². The van der Waals surface area contributed by atoms with Crippen LogP contribution in [-0.4, -0.2) is 54.6 Å². The molecule has 2 aromatic carbocycles. The van der Waals surface area contributed by atoms with Crippen LogP contribution in [0.4, 0.5) is 4.39 Å². The Bertz CT molecular complexity index is 777. The quantitative estimate of drug-likeness (QED) is 0.679. The first-order valence-electron chi connectivity index (χ1n) is 10.4. The highest BCUT2D eigenvalue weighted by molar-refractivity contribution is 5.79. The summed E-state index contributed by atoms with van der Waals surface area (Å²) in [6.45, 7) is 8.75. The van der Waals surface area contributed by atoms with E-state index in [9.17, 15) is 9.18 Å². The average Bonchev–Trinajstić information content (AvgIpc) is 2.73. The topological polar surface area (TPSA) is 32.8 Å². The lowest BCUT2D eigenvalue weighted by molar-refractivity contribution is -0.138. The highest BCUT2D eigenvalue weighted by Crippen LogP contribution is 2.18. The number of amides is 1. The summed E-state index contributed by atoms with van der Waals surface area (Å²) in [5, 5.41) is 0. The van der Waals surface area contributed by atoms with E-state index in [1.54, 1.807) is 6.07 Å². The SMILES string of the molecule is CC(Cc1cccc(F)c1)C(=O)N(Cc1ccccc1)C(C)CN1CCOCC1. The second kappa shape index (κ2) is 10.5. The molecule has 5 heteroatoms. The number of nitrogens with zero attached hydrogens (tertiary/aromatic N) is 2. The van der Waals surface area contributed by atoms with Gasteiger partial charge >= 0.3 is 0 Å². The van der Waals surface area contributed by atoms with Crippen LogP contribution in [0.15, 0.2) is 54.6 Å². The monoisotopic (exact) mass is 398 g/mol. The minimum absolute atomic E-state index is 0.0794. The molecule has 2 atom stereocenters. The van der Waals surface area contributed by atoms with Crippen molar-refractivity contribution in [1.29, 1.82) is 0 Å². The molecule has 0 N–H and O–H groups in total. The zero-order chi connectivity index (χ0) is 20.6. The largest absolute Gasteiger partial charge is 0.379 e. The van der Waals surface area contributed by atoms with E-state index in [2.05, 4.69) is 24.0 Å². The Kier molecular flexibility index (Phi) is 7.78. The Morgan fingerprint density at radius 2 is 1.76 bits per heavy atom. The first kappa shape index (κ1) is 21.5. The maximum absolute atomic E-state index is 13.5. The van der Waals surface area contributed by atoms with E-state index < -0.39 is 0 Å². The number of hydrogen-bond acceptors (Lipinski definition) is 3. The third-order valence-corrected chi connectivity index (χ3v) is 5.49. The fourth-order valence-corrected chi connectivity index (χ4v) is 3.87. The number of halogens is 1. The maximum Gasteiger partial charge on any atom is 0.226 e. The van der Waals surface area contributed by atoms with Crippen molar-refractivity contribution in [3.8, 4) is 0 Å². The summed E-state index contributed by atoms with van der Waals surface area (Å²) in [5.41, 5.74) is 1.97. The van der Waals surface area contributed by atoms with Gasteiger partial charge in [0.2, 0.25) is 5.91 Å². The summed E-state index contributed by atoms with van der Waals surface area (Å²) in [7, 11) is 0. The van der Waals surface area contributed by atoms with Crippen molar-refractivity contribution in [3.05, 3.63) is 71.5 Å². The molecule has 4 nitrogen and oxygen atoms in total. The maximum atomic E-state index is 13.5. The molecule has 1 amide bonds. The van der Waals surface area contributed by atoms with Crippen LogP contribution in [0.3, 0.4) is 0 Å². The number of carbonyl (C=O) groups excluding carboxylic acids is 1. The Morgan fingerprint density at radius 3 is 2.45 bits per heavy atom. The van der Waals surface area contributed by atoms with Crippen molar-refractivity contribution in [2.75, 3.05) is 32.8 Å². The van der Waals surface area contributed by atoms with Gasteiger partial charge in [-0.3, -0.25) is 9.69 Å². The van der Waals surface area contributed by atoms with Gasteiger partial charge in [0.15, 0.2) is 0 Å². The van der Waals surface area contributed by atoms with Crippen LogP contribution in [0.1, 0.15) is 25.0 Å². The lowest BCUT2D eigenvalue weighted by Crippen LogP contribution is -2.49. The van der Waals surface area contributed by atoms with Crippen LogP contribution in [0.25, 0.3) is 0 Å². The van der Waals surface area contributed by atoms with Crippen LogP contribution < -0.4 is 0 Å². The number of morpholine rings is 1. The summed E-state index contributed by atoms with van der Waals surface area (Å²) < 4.78 is 19.0. The molecule has 2 unspecified atom stereocenters.